The standard InChI is InChI=1S/C17H17BrN2O5S/c1-26(22,23)20(11-17(21)19-13-4-2-3-12(18)9-13)14-5-6-15-16(10-14)25-8-7-24-15/h2-6,9-10H,7-8,11H2,1H3,(H,19,21). The summed E-state index contributed by atoms with van der Waals surface area (Å²) >= 11 is 3.32. The number of hydrogen-bond acceptors (Lipinski definition) is 5. The third kappa shape index (κ3) is 4.47. The maximum absolute atomic E-state index is 12.4. The van der Waals surface area contributed by atoms with Crippen molar-refractivity contribution >= 4 is 43.2 Å². The molecule has 0 fully saturated rings. The lowest BCUT2D eigenvalue weighted by atomic mass is 10.2. The zero-order valence-electron chi connectivity index (χ0n) is 13.9. The number of fused-ring (bicyclic) bond motifs is 1. The first kappa shape index (κ1) is 18.5. The van der Waals surface area contributed by atoms with Gasteiger partial charge in [-0.1, -0.05) is 22.0 Å². The monoisotopic (exact) mass is 440 g/mol. The molecule has 26 heavy (non-hydrogen) atoms. The normalized spacial score (nSPS) is 13.2. The van der Waals surface area contributed by atoms with E-state index < -0.39 is 15.9 Å². The van der Waals surface area contributed by atoms with Crippen LogP contribution in [-0.2, 0) is 14.8 Å². The van der Waals surface area contributed by atoms with Crippen LogP contribution in [0, 0.1) is 0 Å². The van der Waals surface area contributed by atoms with E-state index in [-0.39, 0.29) is 6.54 Å². The van der Waals surface area contributed by atoms with Crippen LogP contribution in [0.15, 0.2) is 46.9 Å². The van der Waals surface area contributed by atoms with Crippen molar-refractivity contribution in [2.75, 3.05) is 35.6 Å². The molecule has 2 aromatic carbocycles. The zero-order chi connectivity index (χ0) is 18.7. The van der Waals surface area contributed by atoms with Gasteiger partial charge in [-0.15, -0.1) is 0 Å². The number of amides is 1. The number of sulfonamides is 1. The number of carbonyl (C=O) groups is 1. The predicted molar refractivity (Wildman–Crippen MR) is 102 cm³/mol. The lowest BCUT2D eigenvalue weighted by molar-refractivity contribution is -0.114. The molecule has 0 aromatic heterocycles. The van der Waals surface area contributed by atoms with Crippen molar-refractivity contribution < 1.29 is 22.7 Å². The Hall–Kier alpha value is -2.26. The third-order valence-electron chi connectivity index (χ3n) is 3.61. The van der Waals surface area contributed by atoms with Gasteiger partial charge in [0.25, 0.3) is 0 Å². The minimum atomic E-state index is -3.67. The molecule has 138 valence electrons. The molecule has 0 bridgehead atoms. The quantitative estimate of drug-likeness (QED) is 0.772. The summed E-state index contributed by atoms with van der Waals surface area (Å²) in [7, 11) is -3.67. The van der Waals surface area contributed by atoms with Gasteiger partial charge in [0, 0.05) is 16.2 Å². The second-order valence-corrected chi connectivity index (χ2v) is 8.48. The summed E-state index contributed by atoms with van der Waals surface area (Å²) in [6, 6.07) is 11.8. The second kappa shape index (κ2) is 7.55. The Kier molecular flexibility index (Phi) is 5.38. The van der Waals surface area contributed by atoms with Gasteiger partial charge in [0.15, 0.2) is 11.5 Å². The minimum Gasteiger partial charge on any atom is -0.486 e. The number of ether oxygens (including phenoxy) is 2. The van der Waals surface area contributed by atoms with E-state index in [0.717, 1.165) is 15.0 Å². The highest BCUT2D eigenvalue weighted by Gasteiger charge is 2.23. The predicted octanol–water partition coefficient (Wildman–Crippen LogP) is 2.62. The van der Waals surface area contributed by atoms with Crippen molar-refractivity contribution in [2.45, 2.75) is 0 Å². The van der Waals surface area contributed by atoms with Gasteiger partial charge >= 0.3 is 0 Å². The third-order valence-corrected chi connectivity index (χ3v) is 5.24. The summed E-state index contributed by atoms with van der Waals surface area (Å²) < 4.78 is 37.2. The van der Waals surface area contributed by atoms with Crippen LogP contribution in [0.1, 0.15) is 0 Å². The Bertz CT molecular complexity index is 933. The van der Waals surface area contributed by atoms with Crippen LogP contribution in [0.25, 0.3) is 0 Å². The first-order valence-electron chi connectivity index (χ1n) is 7.76. The van der Waals surface area contributed by atoms with Gasteiger partial charge in [0.05, 0.1) is 11.9 Å². The Balaban J connectivity index is 1.82. The summed E-state index contributed by atoms with van der Waals surface area (Å²) in [5.41, 5.74) is 0.904. The fourth-order valence-corrected chi connectivity index (χ4v) is 3.73. The van der Waals surface area contributed by atoms with Gasteiger partial charge in [-0.25, -0.2) is 8.42 Å². The molecule has 1 heterocycles. The fourth-order valence-electron chi connectivity index (χ4n) is 2.48. The molecular weight excluding hydrogens is 424 g/mol. The number of rotatable bonds is 5. The smallest absolute Gasteiger partial charge is 0.245 e. The highest BCUT2D eigenvalue weighted by molar-refractivity contribution is 9.10. The number of nitrogens with zero attached hydrogens (tertiary/aromatic N) is 1. The maximum atomic E-state index is 12.4. The largest absolute Gasteiger partial charge is 0.486 e. The second-order valence-electron chi connectivity index (χ2n) is 5.66. The van der Waals surface area contributed by atoms with E-state index in [1.165, 1.54) is 0 Å². The molecule has 1 aliphatic heterocycles. The van der Waals surface area contributed by atoms with Gasteiger partial charge in [-0.05, 0) is 30.3 Å². The van der Waals surface area contributed by atoms with Crippen LogP contribution >= 0.6 is 15.9 Å². The fraction of sp³-hybridized carbons (Fsp3) is 0.235. The van der Waals surface area contributed by atoms with Crippen LogP contribution in [0.5, 0.6) is 11.5 Å². The van der Waals surface area contributed by atoms with Crippen LogP contribution in [0.3, 0.4) is 0 Å². The van der Waals surface area contributed by atoms with Gasteiger partial charge in [-0.2, -0.15) is 0 Å². The van der Waals surface area contributed by atoms with E-state index in [1.807, 2.05) is 6.07 Å². The van der Waals surface area contributed by atoms with Crippen molar-refractivity contribution in [1.29, 1.82) is 0 Å². The topological polar surface area (TPSA) is 84.9 Å². The molecule has 0 unspecified atom stereocenters. The Morgan fingerprint density at radius 3 is 2.58 bits per heavy atom. The van der Waals surface area contributed by atoms with Gasteiger partial charge in [0.2, 0.25) is 15.9 Å². The first-order valence-corrected chi connectivity index (χ1v) is 10.4. The molecule has 1 amide bonds. The van der Waals surface area contributed by atoms with Gasteiger partial charge < -0.3 is 14.8 Å². The van der Waals surface area contributed by atoms with Crippen molar-refractivity contribution in [3.8, 4) is 11.5 Å². The Morgan fingerprint density at radius 1 is 1.15 bits per heavy atom. The summed E-state index contributed by atoms with van der Waals surface area (Å²) in [6.07, 6.45) is 1.05. The summed E-state index contributed by atoms with van der Waals surface area (Å²) in [5, 5.41) is 2.69. The van der Waals surface area contributed by atoms with Crippen LogP contribution in [0.4, 0.5) is 11.4 Å². The number of anilines is 2. The number of hydrogen-bond donors (Lipinski definition) is 1. The SMILES string of the molecule is CS(=O)(=O)N(CC(=O)Nc1cccc(Br)c1)c1ccc2c(c1)OCCO2. The molecule has 0 saturated heterocycles. The molecule has 0 saturated carbocycles. The molecule has 7 nitrogen and oxygen atoms in total. The highest BCUT2D eigenvalue weighted by Crippen LogP contribution is 2.34. The van der Waals surface area contributed by atoms with Crippen molar-refractivity contribution in [3.05, 3.63) is 46.9 Å². The lowest BCUT2D eigenvalue weighted by Crippen LogP contribution is -2.37. The Morgan fingerprint density at radius 2 is 1.88 bits per heavy atom. The number of nitrogens with one attached hydrogen (secondary N) is 1. The van der Waals surface area contributed by atoms with Crippen molar-refractivity contribution in [3.63, 3.8) is 0 Å². The molecule has 0 atom stereocenters. The molecule has 1 aliphatic rings. The average Bonchev–Trinajstić information content (AvgIpc) is 2.58. The molecule has 0 radical (unpaired) electrons. The van der Waals surface area contributed by atoms with E-state index in [0.29, 0.717) is 36.1 Å². The van der Waals surface area contributed by atoms with Gasteiger partial charge in [-0.3, -0.25) is 9.10 Å². The minimum absolute atomic E-state index is 0.334. The number of halogens is 1. The zero-order valence-corrected chi connectivity index (χ0v) is 16.3. The first-order chi connectivity index (χ1) is 12.3. The summed E-state index contributed by atoms with van der Waals surface area (Å²) in [4.78, 5) is 12.4. The molecule has 1 N–H and O–H groups in total. The van der Waals surface area contributed by atoms with E-state index >= 15 is 0 Å². The molecule has 2 aromatic rings. The van der Waals surface area contributed by atoms with Crippen LogP contribution < -0.4 is 19.1 Å². The van der Waals surface area contributed by atoms with E-state index in [9.17, 15) is 13.2 Å². The molecule has 3 rings (SSSR count). The van der Waals surface area contributed by atoms with E-state index in [4.69, 9.17) is 9.47 Å². The van der Waals surface area contributed by atoms with E-state index in [1.54, 1.807) is 36.4 Å². The van der Waals surface area contributed by atoms with E-state index in [2.05, 4.69) is 21.2 Å². The molecular formula is C17H17BrN2O5S. The lowest BCUT2D eigenvalue weighted by Gasteiger charge is -2.24. The molecule has 9 heteroatoms. The molecule has 0 aliphatic carbocycles. The van der Waals surface area contributed by atoms with Crippen LogP contribution in [0.2, 0.25) is 0 Å². The average molecular weight is 441 g/mol. The number of benzene rings is 2. The highest BCUT2D eigenvalue weighted by atomic mass is 79.9. The van der Waals surface area contributed by atoms with Crippen molar-refractivity contribution in [2.24, 2.45) is 0 Å². The summed E-state index contributed by atoms with van der Waals surface area (Å²) in [5.74, 6) is 0.547. The van der Waals surface area contributed by atoms with Gasteiger partial charge in [0.1, 0.15) is 19.8 Å². The Labute approximate surface area is 160 Å². The summed E-state index contributed by atoms with van der Waals surface area (Å²) in [6.45, 7) is 0.473. The molecule has 0 spiro atoms. The van der Waals surface area contributed by atoms with Crippen LogP contribution in [-0.4, -0.2) is 40.3 Å². The number of carbonyl (C=O) groups excluding carboxylic acids is 1. The van der Waals surface area contributed by atoms with Crippen molar-refractivity contribution in [1.82, 2.24) is 0 Å². The maximum Gasteiger partial charge on any atom is 0.245 e.